The molecule has 0 aliphatic carbocycles. The second-order valence-electron chi connectivity index (χ2n) is 4.68. The predicted octanol–water partition coefficient (Wildman–Crippen LogP) is 5.42. The largest absolute Gasteiger partial charge is 0.384 e. The van der Waals surface area contributed by atoms with E-state index in [9.17, 15) is 0 Å². The molecule has 1 aromatic carbocycles. The number of benzene rings is 1. The van der Waals surface area contributed by atoms with Gasteiger partial charge in [-0.25, -0.2) is 0 Å². The highest BCUT2D eigenvalue weighted by Crippen LogP contribution is 2.22. The highest BCUT2D eigenvalue weighted by atomic mass is 35.5. The third kappa shape index (κ3) is 5.97. The summed E-state index contributed by atoms with van der Waals surface area (Å²) < 4.78 is 0. The number of halogens is 1. The van der Waals surface area contributed by atoms with Crippen molar-refractivity contribution < 1.29 is 0 Å². The van der Waals surface area contributed by atoms with Crippen molar-refractivity contribution in [2.75, 3.05) is 11.9 Å². The Labute approximate surface area is 111 Å². The minimum absolute atomic E-state index is 0.830. The number of hydrogen-bond acceptors (Lipinski definition) is 1. The SMILES string of the molecule is CCCCCCCCNc1ccc(C)cc1Cl. The molecule has 0 aliphatic heterocycles. The molecule has 17 heavy (non-hydrogen) atoms. The maximum absolute atomic E-state index is 6.15. The first-order valence-corrected chi connectivity index (χ1v) is 7.12. The van der Waals surface area contributed by atoms with E-state index in [0.29, 0.717) is 0 Å². The van der Waals surface area contributed by atoms with Crippen LogP contribution in [0.4, 0.5) is 5.69 Å². The molecule has 0 amide bonds. The highest BCUT2D eigenvalue weighted by molar-refractivity contribution is 6.33. The molecule has 1 N–H and O–H groups in total. The number of hydrogen-bond donors (Lipinski definition) is 1. The van der Waals surface area contributed by atoms with Gasteiger partial charge in [0.05, 0.1) is 10.7 Å². The van der Waals surface area contributed by atoms with Crippen LogP contribution in [0.2, 0.25) is 5.02 Å². The smallest absolute Gasteiger partial charge is 0.0640 e. The van der Waals surface area contributed by atoms with Crippen molar-refractivity contribution in [1.29, 1.82) is 0 Å². The standard InChI is InChI=1S/C15H24ClN/c1-3-4-5-6-7-8-11-17-15-10-9-13(2)12-14(15)16/h9-10,12,17H,3-8,11H2,1-2H3. The van der Waals surface area contributed by atoms with Gasteiger partial charge in [0, 0.05) is 6.54 Å². The molecule has 0 radical (unpaired) electrons. The zero-order valence-electron chi connectivity index (χ0n) is 11.1. The monoisotopic (exact) mass is 253 g/mol. The Balaban J connectivity index is 2.14. The van der Waals surface area contributed by atoms with Crippen LogP contribution in [0.5, 0.6) is 0 Å². The van der Waals surface area contributed by atoms with Gasteiger partial charge in [0.1, 0.15) is 0 Å². The Morgan fingerprint density at radius 3 is 2.47 bits per heavy atom. The van der Waals surface area contributed by atoms with Gasteiger partial charge in [-0.2, -0.15) is 0 Å². The lowest BCUT2D eigenvalue weighted by molar-refractivity contribution is 0.617. The summed E-state index contributed by atoms with van der Waals surface area (Å²) in [4.78, 5) is 0. The Kier molecular flexibility index (Phi) is 7.11. The molecule has 0 heterocycles. The van der Waals surface area contributed by atoms with Crippen LogP contribution in [0.1, 0.15) is 51.0 Å². The van der Waals surface area contributed by atoms with Crippen LogP contribution >= 0.6 is 11.6 Å². The van der Waals surface area contributed by atoms with Gasteiger partial charge in [0.25, 0.3) is 0 Å². The average molecular weight is 254 g/mol. The van der Waals surface area contributed by atoms with Crippen molar-refractivity contribution in [2.45, 2.75) is 52.4 Å². The number of rotatable bonds is 8. The maximum Gasteiger partial charge on any atom is 0.0640 e. The summed E-state index contributed by atoms with van der Waals surface area (Å²) in [5, 5.41) is 4.23. The van der Waals surface area contributed by atoms with E-state index in [1.54, 1.807) is 0 Å². The Morgan fingerprint density at radius 1 is 1.06 bits per heavy atom. The molecule has 0 bridgehead atoms. The van der Waals surface area contributed by atoms with E-state index in [1.165, 1.54) is 44.1 Å². The summed E-state index contributed by atoms with van der Waals surface area (Å²) in [5.41, 5.74) is 2.27. The molecule has 2 heteroatoms. The topological polar surface area (TPSA) is 12.0 Å². The first kappa shape index (κ1) is 14.4. The summed E-state index contributed by atoms with van der Waals surface area (Å²) in [6, 6.07) is 6.16. The quantitative estimate of drug-likeness (QED) is 0.610. The fourth-order valence-electron chi connectivity index (χ4n) is 1.89. The fraction of sp³-hybridized carbons (Fsp3) is 0.600. The van der Waals surface area contributed by atoms with Crippen LogP contribution in [-0.2, 0) is 0 Å². The van der Waals surface area contributed by atoms with Crippen LogP contribution in [0, 0.1) is 6.92 Å². The first-order chi connectivity index (χ1) is 8.24. The normalized spacial score (nSPS) is 10.5. The lowest BCUT2D eigenvalue weighted by atomic mass is 10.1. The van der Waals surface area contributed by atoms with Gasteiger partial charge in [-0.15, -0.1) is 0 Å². The Morgan fingerprint density at radius 2 is 1.76 bits per heavy atom. The number of aryl methyl sites for hydroxylation is 1. The van der Waals surface area contributed by atoms with Crippen molar-refractivity contribution in [3.8, 4) is 0 Å². The minimum Gasteiger partial charge on any atom is -0.384 e. The molecule has 0 unspecified atom stereocenters. The van der Waals surface area contributed by atoms with Gasteiger partial charge in [-0.1, -0.05) is 56.7 Å². The van der Waals surface area contributed by atoms with Crippen LogP contribution < -0.4 is 5.32 Å². The predicted molar refractivity (Wildman–Crippen MR) is 78.1 cm³/mol. The van der Waals surface area contributed by atoms with Crippen molar-refractivity contribution in [3.63, 3.8) is 0 Å². The lowest BCUT2D eigenvalue weighted by Crippen LogP contribution is -2.01. The Hall–Kier alpha value is -0.690. The summed E-state index contributed by atoms with van der Waals surface area (Å²) in [5.74, 6) is 0. The maximum atomic E-state index is 6.15. The van der Waals surface area contributed by atoms with Gasteiger partial charge in [-0.3, -0.25) is 0 Å². The molecule has 0 saturated heterocycles. The molecule has 0 aliphatic rings. The minimum atomic E-state index is 0.830. The van der Waals surface area contributed by atoms with Crippen LogP contribution in [0.3, 0.4) is 0 Å². The van der Waals surface area contributed by atoms with E-state index in [2.05, 4.69) is 31.3 Å². The summed E-state index contributed by atoms with van der Waals surface area (Å²) >= 11 is 6.15. The van der Waals surface area contributed by atoms with Crippen LogP contribution in [0.25, 0.3) is 0 Å². The van der Waals surface area contributed by atoms with E-state index in [0.717, 1.165) is 17.3 Å². The second-order valence-corrected chi connectivity index (χ2v) is 5.09. The van der Waals surface area contributed by atoms with Crippen molar-refractivity contribution in [2.24, 2.45) is 0 Å². The van der Waals surface area contributed by atoms with Crippen molar-refractivity contribution in [3.05, 3.63) is 28.8 Å². The molecule has 0 aromatic heterocycles. The zero-order valence-corrected chi connectivity index (χ0v) is 11.8. The number of anilines is 1. The average Bonchev–Trinajstić information content (AvgIpc) is 2.30. The van der Waals surface area contributed by atoms with Crippen LogP contribution in [-0.4, -0.2) is 6.54 Å². The summed E-state index contributed by atoms with van der Waals surface area (Å²) in [6.07, 6.45) is 7.97. The third-order valence-electron chi connectivity index (χ3n) is 2.97. The molecular weight excluding hydrogens is 230 g/mol. The fourth-order valence-corrected chi connectivity index (χ4v) is 2.19. The molecular formula is C15H24ClN. The number of unbranched alkanes of at least 4 members (excludes halogenated alkanes) is 5. The first-order valence-electron chi connectivity index (χ1n) is 6.74. The van der Waals surface area contributed by atoms with Gasteiger partial charge >= 0.3 is 0 Å². The molecule has 1 aromatic rings. The summed E-state index contributed by atoms with van der Waals surface area (Å²) in [6.45, 7) is 5.33. The molecule has 0 fully saturated rings. The highest BCUT2D eigenvalue weighted by Gasteiger charge is 1.98. The van der Waals surface area contributed by atoms with E-state index < -0.39 is 0 Å². The zero-order chi connectivity index (χ0) is 12.5. The van der Waals surface area contributed by atoms with Crippen LogP contribution in [0.15, 0.2) is 18.2 Å². The van der Waals surface area contributed by atoms with E-state index >= 15 is 0 Å². The molecule has 0 saturated carbocycles. The molecule has 1 nitrogen and oxygen atoms in total. The van der Waals surface area contributed by atoms with Crippen molar-refractivity contribution in [1.82, 2.24) is 0 Å². The van der Waals surface area contributed by atoms with E-state index in [-0.39, 0.29) is 0 Å². The third-order valence-corrected chi connectivity index (χ3v) is 3.28. The lowest BCUT2D eigenvalue weighted by Gasteiger charge is -2.08. The summed E-state index contributed by atoms with van der Waals surface area (Å²) in [7, 11) is 0. The number of nitrogens with one attached hydrogen (secondary N) is 1. The molecule has 0 spiro atoms. The molecule has 1 rings (SSSR count). The van der Waals surface area contributed by atoms with Gasteiger partial charge in [0.2, 0.25) is 0 Å². The Bertz CT molecular complexity index is 323. The van der Waals surface area contributed by atoms with E-state index in [1.807, 2.05) is 6.07 Å². The second kappa shape index (κ2) is 8.41. The van der Waals surface area contributed by atoms with Crippen molar-refractivity contribution >= 4 is 17.3 Å². The van der Waals surface area contributed by atoms with Gasteiger partial charge in [0.15, 0.2) is 0 Å². The van der Waals surface area contributed by atoms with Gasteiger partial charge in [-0.05, 0) is 31.0 Å². The molecule has 0 atom stereocenters. The van der Waals surface area contributed by atoms with Gasteiger partial charge < -0.3 is 5.32 Å². The molecule has 96 valence electrons. The van der Waals surface area contributed by atoms with E-state index in [4.69, 9.17) is 11.6 Å².